The zero-order valence-corrected chi connectivity index (χ0v) is 11.6. The van der Waals surface area contributed by atoms with Gasteiger partial charge in [-0.1, -0.05) is 6.92 Å². The number of nitrogens with zero attached hydrogens (tertiary/aromatic N) is 1. The average molecular weight is 261 g/mol. The Morgan fingerprint density at radius 2 is 2.00 bits per heavy atom. The van der Waals surface area contributed by atoms with Gasteiger partial charge in [-0.2, -0.15) is 0 Å². The molecule has 2 atom stereocenters. The molecule has 1 aliphatic rings. The number of rotatable bonds is 2. The molecule has 1 unspecified atom stereocenters. The summed E-state index contributed by atoms with van der Waals surface area (Å²) in [5, 5.41) is 9.08. The van der Waals surface area contributed by atoms with Crippen molar-refractivity contribution in [1.82, 2.24) is 4.90 Å². The Hall–Kier alpha value is -0.750. The molecule has 0 aliphatic carbocycles. The largest absolute Gasteiger partial charge is 0.479 e. The van der Waals surface area contributed by atoms with Gasteiger partial charge >= 0.3 is 11.9 Å². The van der Waals surface area contributed by atoms with Crippen LogP contribution in [-0.4, -0.2) is 51.3 Å². The van der Waals surface area contributed by atoms with Gasteiger partial charge < -0.3 is 9.84 Å². The van der Waals surface area contributed by atoms with E-state index in [0.29, 0.717) is 5.88 Å². The Morgan fingerprint density at radius 3 is 2.29 bits per heavy atom. The molecular formula is C11H19NO4S. The van der Waals surface area contributed by atoms with E-state index in [-0.39, 0.29) is 5.25 Å². The van der Waals surface area contributed by atoms with Crippen LogP contribution in [0, 0.1) is 0 Å². The van der Waals surface area contributed by atoms with Gasteiger partial charge in [0.1, 0.15) is 5.60 Å². The van der Waals surface area contributed by atoms with Crippen LogP contribution in [0.25, 0.3) is 0 Å². The van der Waals surface area contributed by atoms with Gasteiger partial charge in [-0.25, -0.2) is 9.59 Å². The van der Waals surface area contributed by atoms with Gasteiger partial charge in [0, 0.05) is 11.1 Å². The molecule has 0 aromatic carbocycles. The summed E-state index contributed by atoms with van der Waals surface area (Å²) in [5.41, 5.74) is -2.26. The minimum Gasteiger partial charge on any atom is -0.479 e. The summed E-state index contributed by atoms with van der Waals surface area (Å²) < 4.78 is 5.25. The zero-order chi connectivity index (χ0) is 13.4. The number of carbonyl (C=O) groups excluding carboxylic acids is 1. The highest BCUT2D eigenvalue weighted by molar-refractivity contribution is 8.00. The molecule has 1 rings (SSSR count). The van der Waals surface area contributed by atoms with Crippen molar-refractivity contribution >= 4 is 23.7 Å². The van der Waals surface area contributed by atoms with E-state index in [1.807, 2.05) is 0 Å². The Labute approximate surface area is 105 Å². The molecule has 1 saturated heterocycles. The average Bonchev–Trinajstić information content (AvgIpc) is 2.40. The molecule has 6 heteroatoms. The first-order chi connectivity index (χ1) is 7.62. The maximum atomic E-state index is 12.2. The summed E-state index contributed by atoms with van der Waals surface area (Å²) in [7, 11) is 1.63. The van der Waals surface area contributed by atoms with Crippen LogP contribution < -0.4 is 0 Å². The van der Waals surface area contributed by atoms with Crippen molar-refractivity contribution < 1.29 is 19.4 Å². The minimum atomic E-state index is -1.57. The predicted octanol–water partition coefficient (Wildman–Crippen LogP) is 1.18. The summed E-state index contributed by atoms with van der Waals surface area (Å²) in [6, 6.07) is 0. The number of likely N-dealkylation sites (N-methyl/N-ethyl adjacent to an activating group) is 1. The first kappa shape index (κ1) is 14.3. The van der Waals surface area contributed by atoms with E-state index in [1.54, 1.807) is 39.6 Å². The molecule has 0 aromatic heterocycles. The summed E-state index contributed by atoms with van der Waals surface area (Å²) in [5.74, 6) is -1.32. The van der Waals surface area contributed by atoms with E-state index in [2.05, 4.69) is 0 Å². The summed E-state index contributed by atoms with van der Waals surface area (Å²) in [6.07, 6.45) is 0. The van der Waals surface area contributed by atoms with Gasteiger partial charge in [0.05, 0.1) is 0 Å². The number of carboxylic acid groups (broad SMARTS) is 1. The lowest BCUT2D eigenvalue weighted by molar-refractivity contribution is -0.176. The van der Waals surface area contributed by atoms with Gasteiger partial charge in [-0.05, 0) is 27.8 Å². The second kappa shape index (κ2) is 4.49. The summed E-state index contributed by atoms with van der Waals surface area (Å²) in [6.45, 7) is 6.93. The fourth-order valence-corrected chi connectivity index (χ4v) is 3.13. The van der Waals surface area contributed by atoms with Crippen LogP contribution in [0.15, 0.2) is 0 Å². The molecular weight excluding hydrogens is 242 g/mol. The lowest BCUT2D eigenvalue weighted by Gasteiger charge is -2.34. The number of esters is 1. The Morgan fingerprint density at radius 1 is 1.47 bits per heavy atom. The molecule has 0 aromatic rings. The number of ether oxygens (including phenoxy) is 1. The fraction of sp³-hybridized carbons (Fsp3) is 0.818. The predicted molar refractivity (Wildman–Crippen MR) is 65.9 cm³/mol. The number of hydrogen-bond donors (Lipinski definition) is 1. The maximum absolute atomic E-state index is 12.2. The van der Waals surface area contributed by atoms with Gasteiger partial charge in [0.2, 0.25) is 5.54 Å². The highest BCUT2D eigenvalue weighted by atomic mass is 32.2. The normalized spacial score (nSPS) is 30.3. The molecule has 5 nitrogen and oxygen atoms in total. The van der Waals surface area contributed by atoms with Crippen molar-refractivity contribution in [3.63, 3.8) is 0 Å². The van der Waals surface area contributed by atoms with Crippen molar-refractivity contribution in [2.24, 2.45) is 0 Å². The van der Waals surface area contributed by atoms with Crippen LogP contribution in [0.5, 0.6) is 0 Å². The molecule has 0 bridgehead atoms. The Kier molecular flexibility index (Phi) is 3.78. The van der Waals surface area contributed by atoms with Crippen molar-refractivity contribution in [1.29, 1.82) is 0 Å². The third-order valence-corrected chi connectivity index (χ3v) is 4.12. The second-order valence-electron chi connectivity index (χ2n) is 5.21. The van der Waals surface area contributed by atoms with Crippen LogP contribution in [-0.2, 0) is 14.3 Å². The minimum absolute atomic E-state index is 0.333. The molecule has 0 amide bonds. The lowest BCUT2D eigenvalue weighted by Crippen LogP contribution is -2.61. The van der Waals surface area contributed by atoms with E-state index < -0.39 is 23.1 Å². The summed E-state index contributed by atoms with van der Waals surface area (Å²) in [4.78, 5) is 25.2. The van der Waals surface area contributed by atoms with Crippen LogP contribution >= 0.6 is 11.8 Å². The quantitative estimate of drug-likeness (QED) is 0.594. The zero-order valence-electron chi connectivity index (χ0n) is 10.8. The third kappa shape index (κ3) is 2.42. The molecule has 0 radical (unpaired) electrons. The molecule has 1 aliphatic heterocycles. The van der Waals surface area contributed by atoms with E-state index in [9.17, 15) is 14.7 Å². The third-order valence-electron chi connectivity index (χ3n) is 2.74. The first-order valence-electron chi connectivity index (χ1n) is 5.42. The summed E-state index contributed by atoms with van der Waals surface area (Å²) >= 11 is 1.44. The van der Waals surface area contributed by atoms with E-state index in [4.69, 9.17) is 4.74 Å². The van der Waals surface area contributed by atoms with Crippen molar-refractivity contribution in [3.05, 3.63) is 0 Å². The smallest absolute Gasteiger partial charge is 0.340 e. The molecule has 1 fully saturated rings. The highest BCUT2D eigenvalue weighted by Gasteiger charge is 2.60. The van der Waals surface area contributed by atoms with Gasteiger partial charge in [0.25, 0.3) is 0 Å². The van der Waals surface area contributed by atoms with Crippen molar-refractivity contribution in [3.8, 4) is 0 Å². The van der Waals surface area contributed by atoms with Gasteiger partial charge in [-0.15, -0.1) is 11.8 Å². The highest BCUT2D eigenvalue weighted by Crippen LogP contribution is 2.38. The van der Waals surface area contributed by atoms with Crippen LogP contribution in [0.4, 0.5) is 0 Å². The number of aliphatic carboxylic acids is 1. The molecule has 1 N–H and O–H groups in total. The SMILES string of the molecule is CC1SCN(C)[C@@]1(C(=O)O)C(=O)OC(C)(C)C. The second-order valence-corrected chi connectivity index (χ2v) is 6.51. The first-order valence-corrected chi connectivity index (χ1v) is 6.47. The van der Waals surface area contributed by atoms with Crippen LogP contribution in [0.2, 0.25) is 0 Å². The number of carbonyl (C=O) groups is 2. The Balaban J connectivity index is 3.09. The van der Waals surface area contributed by atoms with Gasteiger partial charge in [0.15, 0.2) is 0 Å². The number of thioether (sulfide) groups is 1. The standard InChI is InChI=1S/C11H19NO4S/c1-7-11(8(13)14,12(5)6-17-7)9(15)16-10(2,3)4/h7H,6H2,1-5H3,(H,13,14)/t7?,11-/m0/s1. The van der Waals surface area contributed by atoms with Crippen LogP contribution in [0.1, 0.15) is 27.7 Å². The monoisotopic (exact) mass is 261 g/mol. The van der Waals surface area contributed by atoms with Crippen molar-refractivity contribution in [2.75, 3.05) is 12.9 Å². The van der Waals surface area contributed by atoms with Crippen LogP contribution in [0.3, 0.4) is 0 Å². The molecule has 98 valence electrons. The number of carboxylic acids is 1. The van der Waals surface area contributed by atoms with E-state index in [1.165, 1.54) is 11.8 Å². The fourth-order valence-electron chi connectivity index (χ4n) is 1.86. The molecule has 0 saturated carbocycles. The topological polar surface area (TPSA) is 66.8 Å². The molecule has 17 heavy (non-hydrogen) atoms. The van der Waals surface area contributed by atoms with Crippen molar-refractivity contribution in [2.45, 2.75) is 44.1 Å². The maximum Gasteiger partial charge on any atom is 0.340 e. The van der Waals surface area contributed by atoms with Gasteiger partial charge in [-0.3, -0.25) is 4.90 Å². The van der Waals surface area contributed by atoms with E-state index >= 15 is 0 Å². The lowest BCUT2D eigenvalue weighted by atomic mass is 9.94. The molecule has 0 spiro atoms. The van der Waals surface area contributed by atoms with E-state index in [0.717, 1.165) is 0 Å². The Bertz CT molecular complexity index is 327. The molecule has 1 heterocycles. The number of hydrogen-bond acceptors (Lipinski definition) is 5.